The van der Waals surface area contributed by atoms with E-state index in [0.29, 0.717) is 5.69 Å². The molecule has 1 amide bonds. The van der Waals surface area contributed by atoms with Crippen LogP contribution in [0.3, 0.4) is 0 Å². The number of benzene rings is 1. The van der Waals surface area contributed by atoms with Crippen LogP contribution in [0.5, 0.6) is 0 Å². The summed E-state index contributed by atoms with van der Waals surface area (Å²) in [6.45, 7) is 0.677. The van der Waals surface area contributed by atoms with Crippen molar-refractivity contribution in [2.45, 2.75) is 30.7 Å². The van der Waals surface area contributed by atoms with E-state index in [1.165, 1.54) is 25.5 Å². The second kappa shape index (κ2) is 8.37. The molecule has 0 aliphatic carbocycles. The van der Waals surface area contributed by atoms with Crippen molar-refractivity contribution in [3.05, 3.63) is 60.8 Å². The van der Waals surface area contributed by atoms with E-state index in [9.17, 15) is 13.2 Å². The summed E-state index contributed by atoms with van der Waals surface area (Å²) in [6, 6.07) is 10.4. The van der Waals surface area contributed by atoms with Gasteiger partial charge < -0.3 is 9.88 Å². The summed E-state index contributed by atoms with van der Waals surface area (Å²) in [4.78, 5) is 21.0. The van der Waals surface area contributed by atoms with Gasteiger partial charge in [-0.2, -0.15) is 4.31 Å². The molecule has 3 heterocycles. The van der Waals surface area contributed by atoms with Crippen LogP contribution < -0.4 is 5.32 Å². The molecule has 0 saturated carbocycles. The van der Waals surface area contributed by atoms with Crippen molar-refractivity contribution in [3.8, 4) is 11.3 Å². The molecule has 9 heteroatoms. The molecule has 156 valence electrons. The highest BCUT2D eigenvalue weighted by molar-refractivity contribution is 7.89. The summed E-state index contributed by atoms with van der Waals surface area (Å²) in [5.41, 5.74) is 2.38. The summed E-state index contributed by atoms with van der Waals surface area (Å²) in [6.07, 6.45) is 8.10. The molecule has 2 aromatic heterocycles. The fourth-order valence-electron chi connectivity index (χ4n) is 3.48. The van der Waals surface area contributed by atoms with E-state index in [1.54, 1.807) is 12.1 Å². The number of likely N-dealkylation sites (N-methyl/N-ethyl adjacent to an activating group) is 1. The minimum absolute atomic E-state index is 0.0473. The van der Waals surface area contributed by atoms with Gasteiger partial charge in [0.25, 0.3) is 0 Å². The molecule has 30 heavy (non-hydrogen) atoms. The van der Waals surface area contributed by atoms with Crippen LogP contribution in [-0.4, -0.2) is 46.8 Å². The number of aromatic nitrogens is 3. The van der Waals surface area contributed by atoms with Crippen LogP contribution >= 0.6 is 0 Å². The fourth-order valence-corrected chi connectivity index (χ4v) is 4.57. The molecule has 3 aromatic rings. The average molecular weight is 426 g/mol. The van der Waals surface area contributed by atoms with Gasteiger partial charge in [0.2, 0.25) is 15.9 Å². The highest BCUT2D eigenvalue weighted by Crippen LogP contribution is 2.25. The standard InChI is InChI=1S/C21H23N5O3S/c1-25(30(28,29)18-8-5-10-22-13-18)15-21(27)23-17-7-4-6-16(12-17)19-14-26-11-3-2-9-20(26)24-19/h4-8,10,12-14H,2-3,9,11,15H2,1H3,(H,23,27). The number of carbonyl (C=O) groups excluding carboxylic acids is 1. The third-order valence-electron chi connectivity index (χ3n) is 5.06. The minimum Gasteiger partial charge on any atom is -0.334 e. The first kappa shape index (κ1) is 20.2. The molecular weight excluding hydrogens is 402 g/mol. The number of nitrogens with one attached hydrogen (secondary N) is 1. The van der Waals surface area contributed by atoms with Crippen LogP contribution in [0.25, 0.3) is 11.3 Å². The topological polar surface area (TPSA) is 97.2 Å². The molecular formula is C21H23N5O3S. The normalized spacial score (nSPS) is 13.8. The summed E-state index contributed by atoms with van der Waals surface area (Å²) >= 11 is 0. The average Bonchev–Trinajstić information content (AvgIpc) is 3.19. The molecule has 0 unspecified atom stereocenters. The van der Waals surface area contributed by atoms with Gasteiger partial charge in [0.1, 0.15) is 10.7 Å². The Morgan fingerprint density at radius 1 is 1.23 bits per heavy atom. The Kier molecular flexibility index (Phi) is 5.65. The zero-order valence-corrected chi connectivity index (χ0v) is 17.5. The number of anilines is 1. The first-order valence-electron chi connectivity index (χ1n) is 9.76. The van der Waals surface area contributed by atoms with Gasteiger partial charge in [-0.3, -0.25) is 9.78 Å². The second-order valence-corrected chi connectivity index (χ2v) is 9.32. The number of hydrogen-bond acceptors (Lipinski definition) is 5. The smallest absolute Gasteiger partial charge is 0.244 e. The lowest BCUT2D eigenvalue weighted by Gasteiger charge is -2.16. The van der Waals surface area contributed by atoms with E-state index in [2.05, 4.69) is 14.9 Å². The first-order chi connectivity index (χ1) is 14.4. The number of fused-ring (bicyclic) bond motifs is 1. The van der Waals surface area contributed by atoms with Crippen molar-refractivity contribution >= 4 is 21.6 Å². The van der Waals surface area contributed by atoms with Crippen LogP contribution in [0.15, 0.2) is 59.9 Å². The highest BCUT2D eigenvalue weighted by atomic mass is 32.2. The van der Waals surface area contributed by atoms with E-state index in [0.717, 1.165) is 47.2 Å². The van der Waals surface area contributed by atoms with Crippen molar-refractivity contribution in [1.82, 2.24) is 18.8 Å². The molecule has 0 atom stereocenters. The molecule has 1 aliphatic heterocycles. The van der Waals surface area contributed by atoms with Crippen molar-refractivity contribution in [1.29, 1.82) is 0 Å². The number of aryl methyl sites for hydroxylation is 2. The number of carbonyl (C=O) groups is 1. The quantitative estimate of drug-likeness (QED) is 0.655. The molecule has 0 radical (unpaired) electrons. The largest absolute Gasteiger partial charge is 0.334 e. The lowest BCUT2D eigenvalue weighted by Crippen LogP contribution is -2.35. The zero-order chi connectivity index (χ0) is 21.1. The Morgan fingerprint density at radius 3 is 2.87 bits per heavy atom. The van der Waals surface area contributed by atoms with Crippen LogP contribution in [0.2, 0.25) is 0 Å². The number of hydrogen-bond donors (Lipinski definition) is 1. The maximum Gasteiger partial charge on any atom is 0.244 e. The van der Waals surface area contributed by atoms with Crippen LogP contribution in [0, 0.1) is 0 Å². The summed E-state index contributed by atoms with van der Waals surface area (Å²) in [7, 11) is -2.41. The summed E-state index contributed by atoms with van der Waals surface area (Å²) in [5.74, 6) is 0.666. The molecule has 1 aromatic carbocycles. The van der Waals surface area contributed by atoms with E-state index in [-0.39, 0.29) is 11.4 Å². The lowest BCUT2D eigenvalue weighted by molar-refractivity contribution is -0.116. The molecule has 0 bridgehead atoms. The maximum atomic E-state index is 12.6. The van der Waals surface area contributed by atoms with Crippen LogP contribution in [-0.2, 0) is 27.8 Å². The van der Waals surface area contributed by atoms with Gasteiger partial charge in [0.05, 0.1) is 12.2 Å². The van der Waals surface area contributed by atoms with Gasteiger partial charge in [-0.05, 0) is 37.1 Å². The monoisotopic (exact) mass is 425 g/mol. The Bertz CT molecular complexity index is 1130. The van der Waals surface area contributed by atoms with Gasteiger partial charge in [0.15, 0.2) is 0 Å². The number of pyridine rings is 1. The third kappa shape index (κ3) is 4.27. The molecule has 4 rings (SSSR count). The van der Waals surface area contributed by atoms with Crippen molar-refractivity contribution in [2.75, 3.05) is 18.9 Å². The highest BCUT2D eigenvalue weighted by Gasteiger charge is 2.23. The molecule has 0 saturated heterocycles. The number of nitrogens with zero attached hydrogens (tertiary/aromatic N) is 4. The fraction of sp³-hybridized carbons (Fsp3) is 0.286. The summed E-state index contributed by atoms with van der Waals surface area (Å²) < 4.78 is 28.3. The minimum atomic E-state index is -3.78. The molecule has 0 fully saturated rings. The SMILES string of the molecule is CN(CC(=O)Nc1cccc(-c2cn3c(n2)CCCC3)c1)S(=O)(=O)c1cccnc1. The van der Waals surface area contributed by atoms with E-state index in [4.69, 9.17) is 4.98 Å². The number of rotatable bonds is 6. The predicted molar refractivity (Wildman–Crippen MR) is 113 cm³/mol. The Hall–Kier alpha value is -3.04. The third-order valence-corrected chi connectivity index (χ3v) is 6.85. The van der Waals surface area contributed by atoms with Gasteiger partial charge >= 0.3 is 0 Å². The van der Waals surface area contributed by atoms with E-state index >= 15 is 0 Å². The molecule has 1 aliphatic rings. The van der Waals surface area contributed by atoms with E-state index in [1.807, 2.05) is 24.4 Å². The molecule has 1 N–H and O–H groups in total. The van der Waals surface area contributed by atoms with Gasteiger partial charge in [-0.15, -0.1) is 0 Å². The Labute approximate surface area is 175 Å². The number of amides is 1. The van der Waals surface area contributed by atoms with Crippen LogP contribution in [0.1, 0.15) is 18.7 Å². The summed E-state index contributed by atoms with van der Waals surface area (Å²) in [5, 5.41) is 2.77. The predicted octanol–water partition coefficient (Wildman–Crippen LogP) is 2.54. The van der Waals surface area contributed by atoms with Gasteiger partial charge in [-0.25, -0.2) is 13.4 Å². The zero-order valence-electron chi connectivity index (χ0n) is 16.7. The van der Waals surface area contributed by atoms with Gasteiger partial charge in [-0.1, -0.05) is 12.1 Å². The van der Waals surface area contributed by atoms with Crippen molar-refractivity contribution in [3.63, 3.8) is 0 Å². The number of imidazole rings is 1. The molecule has 0 spiro atoms. The Morgan fingerprint density at radius 2 is 2.10 bits per heavy atom. The Balaban J connectivity index is 1.45. The first-order valence-corrected chi connectivity index (χ1v) is 11.2. The lowest BCUT2D eigenvalue weighted by atomic mass is 10.1. The number of sulfonamides is 1. The van der Waals surface area contributed by atoms with Crippen LogP contribution in [0.4, 0.5) is 5.69 Å². The molecule has 8 nitrogen and oxygen atoms in total. The van der Waals surface area contributed by atoms with Gasteiger partial charge in [0, 0.05) is 49.9 Å². The maximum absolute atomic E-state index is 12.6. The second-order valence-electron chi connectivity index (χ2n) is 7.27. The van der Waals surface area contributed by atoms with Crippen molar-refractivity contribution in [2.24, 2.45) is 0 Å². The van der Waals surface area contributed by atoms with E-state index < -0.39 is 15.9 Å². The van der Waals surface area contributed by atoms with Crippen molar-refractivity contribution < 1.29 is 13.2 Å².